The minimum atomic E-state index is -0.303. The number of aliphatic hydroxyl groups excluding tert-OH is 1. The molecule has 1 amide bonds. The van der Waals surface area contributed by atoms with Crippen molar-refractivity contribution in [2.24, 2.45) is 0 Å². The second-order valence-corrected chi connectivity index (χ2v) is 5.27. The highest BCUT2D eigenvalue weighted by Crippen LogP contribution is 2.13. The molecule has 1 aromatic carbocycles. The van der Waals surface area contributed by atoms with Gasteiger partial charge in [-0.15, -0.1) is 0 Å². The van der Waals surface area contributed by atoms with E-state index >= 15 is 0 Å². The normalized spacial score (nSPS) is 12.2. The fourth-order valence-corrected chi connectivity index (χ4v) is 2.22. The lowest BCUT2D eigenvalue weighted by atomic mass is 10.1. The molecule has 2 N–H and O–H groups in total. The first-order valence-electron chi connectivity index (χ1n) is 7.17. The summed E-state index contributed by atoms with van der Waals surface area (Å²) in [6.45, 7) is 6.68. The zero-order valence-electron chi connectivity index (χ0n) is 12.8. The number of carbonyl (C=O) groups is 1. The molecule has 0 heterocycles. The van der Waals surface area contributed by atoms with E-state index in [4.69, 9.17) is 10.4 Å². The second-order valence-electron chi connectivity index (χ2n) is 5.27. The smallest absolute Gasteiger partial charge is 0.241 e. The highest BCUT2D eigenvalue weighted by Gasteiger charge is 2.23. The maximum absolute atomic E-state index is 12.3. The van der Waals surface area contributed by atoms with Crippen LogP contribution in [-0.4, -0.2) is 41.1 Å². The van der Waals surface area contributed by atoms with Gasteiger partial charge in [0.15, 0.2) is 0 Å². The van der Waals surface area contributed by atoms with Crippen LogP contribution in [0.25, 0.3) is 0 Å². The number of carbonyl (C=O) groups excluding carboxylic acids is 1. The number of hydrogen-bond donors (Lipinski definition) is 2. The van der Waals surface area contributed by atoms with Gasteiger partial charge in [0.05, 0.1) is 17.7 Å². The summed E-state index contributed by atoms with van der Waals surface area (Å²) in [6.07, 6.45) is 0.639. The predicted octanol–water partition coefficient (Wildman–Crippen LogP) is 1.98. The Bertz CT molecular complexity index is 508. The van der Waals surface area contributed by atoms with Gasteiger partial charge < -0.3 is 10.4 Å². The van der Waals surface area contributed by atoms with Crippen molar-refractivity contribution < 1.29 is 9.90 Å². The third kappa shape index (κ3) is 5.18. The van der Waals surface area contributed by atoms with Crippen LogP contribution in [0.5, 0.6) is 0 Å². The Balaban J connectivity index is 2.74. The van der Waals surface area contributed by atoms with Crippen LogP contribution in [0.2, 0.25) is 0 Å². The Kier molecular flexibility index (Phi) is 6.86. The molecule has 1 atom stereocenters. The highest BCUT2D eigenvalue weighted by molar-refractivity contribution is 5.94. The average molecular weight is 289 g/mol. The Morgan fingerprint density at radius 3 is 2.71 bits per heavy atom. The van der Waals surface area contributed by atoms with E-state index in [0.29, 0.717) is 24.2 Å². The number of nitrogens with zero attached hydrogens (tertiary/aromatic N) is 2. The van der Waals surface area contributed by atoms with Crippen LogP contribution in [0.1, 0.15) is 32.8 Å². The molecule has 0 aliphatic rings. The van der Waals surface area contributed by atoms with E-state index in [-0.39, 0.29) is 24.6 Å². The Morgan fingerprint density at radius 1 is 1.43 bits per heavy atom. The van der Waals surface area contributed by atoms with Gasteiger partial charge in [-0.25, -0.2) is 0 Å². The molecule has 0 saturated heterocycles. The zero-order chi connectivity index (χ0) is 15.8. The van der Waals surface area contributed by atoms with Gasteiger partial charge in [-0.05, 0) is 45.4 Å². The summed E-state index contributed by atoms with van der Waals surface area (Å²) in [7, 11) is 0. The van der Waals surface area contributed by atoms with Crippen molar-refractivity contribution >= 4 is 11.6 Å². The van der Waals surface area contributed by atoms with Crippen molar-refractivity contribution in [1.82, 2.24) is 4.90 Å². The lowest BCUT2D eigenvalue weighted by Crippen LogP contribution is -2.46. The molecule has 0 bridgehead atoms. The number of rotatable bonds is 7. The first kappa shape index (κ1) is 17.2. The Labute approximate surface area is 126 Å². The number of amides is 1. The van der Waals surface area contributed by atoms with Gasteiger partial charge in [-0.3, -0.25) is 9.69 Å². The number of nitrogens with one attached hydrogen (secondary N) is 1. The minimum absolute atomic E-state index is 0.113. The van der Waals surface area contributed by atoms with E-state index in [1.165, 1.54) is 0 Å². The van der Waals surface area contributed by atoms with Crippen LogP contribution < -0.4 is 5.32 Å². The lowest BCUT2D eigenvalue weighted by Gasteiger charge is -2.31. The van der Waals surface area contributed by atoms with Crippen molar-refractivity contribution in [1.29, 1.82) is 5.26 Å². The molecular formula is C16H23N3O2. The molecule has 0 fully saturated rings. The molecule has 114 valence electrons. The van der Waals surface area contributed by atoms with Gasteiger partial charge in [0, 0.05) is 24.9 Å². The molecule has 5 nitrogen and oxygen atoms in total. The van der Waals surface area contributed by atoms with Crippen molar-refractivity contribution in [2.45, 2.75) is 39.3 Å². The summed E-state index contributed by atoms with van der Waals surface area (Å²) in [5.74, 6) is -0.114. The van der Waals surface area contributed by atoms with E-state index in [0.717, 1.165) is 0 Å². The van der Waals surface area contributed by atoms with Gasteiger partial charge in [0.25, 0.3) is 0 Å². The maximum Gasteiger partial charge on any atom is 0.241 e. The molecule has 1 aromatic rings. The number of aliphatic hydroxyl groups is 1. The summed E-state index contributed by atoms with van der Waals surface area (Å²) in [5, 5.41) is 20.7. The van der Waals surface area contributed by atoms with Crippen LogP contribution in [0.4, 0.5) is 5.69 Å². The van der Waals surface area contributed by atoms with E-state index in [9.17, 15) is 4.79 Å². The Hall–Kier alpha value is -1.90. The summed E-state index contributed by atoms with van der Waals surface area (Å²) >= 11 is 0. The van der Waals surface area contributed by atoms with E-state index in [1.54, 1.807) is 24.3 Å². The third-order valence-electron chi connectivity index (χ3n) is 3.37. The summed E-state index contributed by atoms with van der Waals surface area (Å²) < 4.78 is 0. The van der Waals surface area contributed by atoms with Crippen molar-refractivity contribution in [3.63, 3.8) is 0 Å². The molecule has 1 rings (SSSR count). The number of hydrogen-bond acceptors (Lipinski definition) is 4. The molecular weight excluding hydrogens is 266 g/mol. The molecule has 1 unspecified atom stereocenters. The maximum atomic E-state index is 12.3. The molecule has 21 heavy (non-hydrogen) atoms. The van der Waals surface area contributed by atoms with Crippen LogP contribution in [0.3, 0.4) is 0 Å². The number of benzene rings is 1. The largest absolute Gasteiger partial charge is 0.396 e. The standard InChI is InChI=1S/C16H23N3O2/c1-12(2)19(8-5-9-20)13(3)16(21)18-15-7-4-6-14(10-15)11-17/h4,6-7,10,12-13,20H,5,8-9H2,1-3H3,(H,18,21). The molecule has 0 saturated carbocycles. The third-order valence-corrected chi connectivity index (χ3v) is 3.37. The van der Waals surface area contributed by atoms with Gasteiger partial charge >= 0.3 is 0 Å². The zero-order valence-corrected chi connectivity index (χ0v) is 12.8. The SMILES string of the molecule is CC(C)N(CCCO)C(C)C(=O)Nc1cccc(C#N)c1. The molecule has 0 aromatic heterocycles. The van der Waals surface area contributed by atoms with Crippen molar-refractivity contribution in [3.8, 4) is 6.07 Å². The fraction of sp³-hybridized carbons (Fsp3) is 0.500. The molecule has 0 radical (unpaired) electrons. The van der Waals surface area contributed by atoms with Crippen LogP contribution in [0, 0.1) is 11.3 Å². The van der Waals surface area contributed by atoms with Gasteiger partial charge in [0.2, 0.25) is 5.91 Å². The predicted molar refractivity (Wildman–Crippen MR) is 82.8 cm³/mol. The molecule has 5 heteroatoms. The number of anilines is 1. The van der Waals surface area contributed by atoms with Gasteiger partial charge in [0.1, 0.15) is 0 Å². The molecule has 0 aliphatic carbocycles. The topological polar surface area (TPSA) is 76.4 Å². The molecule has 0 aliphatic heterocycles. The van der Waals surface area contributed by atoms with Crippen LogP contribution in [0.15, 0.2) is 24.3 Å². The highest BCUT2D eigenvalue weighted by atomic mass is 16.3. The summed E-state index contributed by atoms with van der Waals surface area (Å²) in [4.78, 5) is 14.4. The summed E-state index contributed by atoms with van der Waals surface area (Å²) in [5.41, 5.74) is 1.14. The van der Waals surface area contributed by atoms with Crippen LogP contribution in [-0.2, 0) is 4.79 Å². The monoisotopic (exact) mass is 289 g/mol. The van der Waals surface area contributed by atoms with E-state index in [2.05, 4.69) is 5.32 Å². The van der Waals surface area contributed by atoms with Gasteiger partial charge in [-0.1, -0.05) is 6.07 Å². The molecule has 0 spiro atoms. The fourth-order valence-electron chi connectivity index (χ4n) is 2.22. The van der Waals surface area contributed by atoms with Crippen LogP contribution >= 0.6 is 0 Å². The summed E-state index contributed by atoms with van der Waals surface area (Å²) in [6, 6.07) is 8.81. The average Bonchev–Trinajstić information content (AvgIpc) is 2.47. The first-order valence-corrected chi connectivity index (χ1v) is 7.17. The lowest BCUT2D eigenvalue weighted by molar-refractivity contribution is -0.121. The minimum Gasteiger partial charge on any atom is -0.396 e. The van der Waals surface area contributed by atoms with E-state index in [1.807, 2.05) is 31.7 Å². The van der Waals surface area contributed by atoms with Crippen molar-refractivity contribution in [2.75, 3.05) is 18.5 Å². The van der Waals surface area contributed by atoms with Crippen molar-refractivity contribution in [3.05, 3.63) is 29.8 Å². The van der Waals surface area contributed by atoms with Gasteiger partial charge in [-0.2, -0.15) is 5.26 Å². The Morgan fingerprint density at radius 2 is 2.14 bits per heavy atom. The first-order chi connectivity index (χ1) is 9.99. The number of nitriles is 1. The van der Waals surface area contributed by atoms with E-state index < -0.39 is 0 Å². The second kappa shape index (κ2) is 8.40. The quantitative estimate of drug-likeness (QED) is 0.804.